The Morgan fingerprint density at radius 2 is 1.76 bits per heavy atom. The molecule has 0 aliphatic carbocycles. The van der Waals surface area contributed by atoms with Crippen molar-refractivity contribution in [2.45, 2.75) is 19.6 Å². The molecule has 0 aliphatic heterocycles. The molecule has 0 spiro atoms. The predicted octanol–water partition coefficient (Wildman–Crippen LogP) is 6.36. The third-order valence-electron chi connectivity index (χ3n) is 5.02. The van der Waals surface area contributed by atoms with Gasteiger partial charge in [0.05, 0.1) is 28.9 Å². The van der Waals surface area contributed by atoms with Crippen molar-refractivity contribution < 1.29 is 9.50 Å². The molecule has 1 atom stereocenters. The first-order valence-electron chi connectivity index (χ1n) is 9.36. The SMILES string of the molecule is CC(Nc1c(Cl)cnc2ccc(-c3ccc(CO)cc3)cc12)c1ccccc1F. The summed E-state index contributed by atoms with van der Waals surface area (Å²) >= 11 is 6.47. The second-order valence-corrected chi connectivity index (χ2v) is 7.36. The van der Waals surface area contributed by atoms with Gasteiger partial charge in [-0.2, -0.15) is 0 Å². The number of anilines is 1. The number of pyridine rings is 1. The molecule has 3 aromatic carbocycles. The van der Waals surface area contributed by atoms with Crippen molar-refractivity contribution in [3.05, 3.63) is 94.9 Å². The Morgan fingerprint density at radius 3 is 2.48 bits per heavy atom. The molecule has 1 heterocycles. The van der Waals surface area contributed by atoms with Gasteiger partial charge in [-0.25, -0.2) is 4.39 Å². The molecule has 5 heteroatoms. The average molecular weight is 407 g/mol. The number of hydrogen-bond donors (Lipinski definition) is 2. The van der Waals surface area contributed by atoms with Gasteiger partial charge in [-0.15, -0.1) is 0 Å². The summed E-state index contributed by atoms with van der Waals surface area (Å²) in [5.74, 6) is -0.258. The quantitative estimate of drug-likeness (QED) is 0.405. The molecule has 0 saturated heterocycles. The highest BCUT2D eigenvalue weighted by molar-refractivity contribution is 6.34. The topological polar surface area (TPSA) is 45.2 Å². The number of aliphatic hydroxyl groups excluding tert-OH is 1. The van der Waals surface area contributed by atoms with Crippen LogP contribution in [0.2, 0.25) is 5.02 Å². The van der Waals surface area contributed by atoms with Crippen LogP contribution < -0.4 is 5.32 Å². The monoisotopic (exact) mass is 406 g/mol. The number of aromatic nitrogens is 1. The second-order valence-electron chi connectivity index (χ2n) is 6.96. The van der Waals surface area contributed by atoms with E-state index in [1.807, 2.05) is 55.5 Å². The van der Waals surface area contributed by atoms with Crippen LogP contribution in [0.4, 0.5) is 10.1 Å². The van der Waals surface area contributed by atoms with Crippen LogP contribution in [0.1, 0.15) is 24.1 Å². The van der Waals surface area contributed by atoms with Gasteiger partial charge >= 0.3 is 0 Å². The lowest BCUT2D eigenvalue weighted by Gasteiger charge is -2.19. The van der Waals surface area contributed by atoms with Gasteiger partial charge in [0, 0.05) is 17.1 Å². The van der Waals surface area contributed by atoms with E-state index in [4.69, 9.17) is 11.6 Å². The van der Waals surface area contributed by atoms with Crippen LogP contribution in [0, 0.1) is 5.82 Å². The molecule has 0 bridgehead atoms. The van der Waals surface area contributed by atoms with Crippen LogP contribution in [-0.2, 0) is 6.61 Å². The summed E-state index contributed by atoms with van der Waals surface area (Å²) in [5, 5.41) is 14.0. The Bertz CT molecular complexity index is 1160. The summed E-state index contributed by atoms with van der Waals surface area (Å²) < 4.78 is 14.2. The molecule has 0 radical (unpaired) electrons. The Kier molecular flexibility index (Phi) is 5.47. The lowest BCUT2D eigenvalue weighted by molar-refractivity contribution is 0.282. The van der Waals surface area contributed by atoms with Crippen LogP contribution in [0.3, 0.4) is 0 Å². The number of nitrogens with one attached hydrogen (secondary N) is 1. The van der Waals surface area contributed by atoms with Gasteiger partial charge in [0.1, 0.15) is 5.82 Å². The summed E-state index contributed by atoms with van der Waals surface area (Å²) in [6.07, 6.45) is 1.61. The van der Waals surface area contributed by atoms with E-state index in [1.54, 1.807) is 18.3 Å². The number of rotatable bonds is 5. The molecular formula is C24H20ClFN2O. The predicted molar refractivity (Wildman–Crippen MR) is 117 cm³/mol. The Labute approximate surface area is 173 Å². The van der Waals surface area contributed by atoms with Crippen molar-refractivity contribution in [3.63, 3.8) is 0 Å². The molecule has 1 aromatic heterocycles. The average Bonchev–Trinajstić information content (AvgIpc) is 2.75. The molecule has 146 valence electrons. The lowest BCUT2D eigenvalue weighted by Crippen LogP contribution is -2.09. The fourth-order valence-electron chi connectivity index (χ4n) is 3.42. The molecule has 0 saturated carbocycles. The Balaban J connectivity index is 1.76. The summed E-state index contributed by atoms with van der Waals surface area (Å²) in [6.45, 7) is 1.91. The first-order valence-corrected chi connectivity index (χ1v) is 9.74. The molecule has 0 amide bonds. The summed E-state index contributed by atoms with van der Waals surface area (Å²) in [6, 6.07) is 20.1. The molecule has 3 nitrogen and oxygen atoms in total. The molecule has 2 N–H and O–H groups in total. The third kappa shape index (κ3) is 3.95. The van der Waals surface area contributed by atoms with Gasteiger partial charge in [-0.3, -0.25) is 4.98 Å². The normalized spacial score (nSPS) is 12.1. The lowest BCUT2D eigenvalue weighted by atomic mass is 10.0. The summed E-state index contributed by atoms with van der Waals surface area (Å²) in [7, 11) is 0. The van der Waals surface area contributed by atoms with E-state index in [9.17, 15) is 9.50 Å². The van der Waals surface area contributed by atoms with Gasteiger partial charge in [-0.05, 0) is 41.8 Å². The van der Waals surface area contributed by atoms with E-state index in [1.165, 1.54) is 6.07 Å². The zero-order valence-electron chi connectivity index (χ0n) is 15.9. The Morgan fingerprint density at radius 1 is 1.03 bits per heavy atom. The van der Waals surface area contributed by atoms with E-state index in [2.05, 4.69) is 10.3 Å². The van der Waals surface area contributed by atoms with Crippen molar-refractivity contribution in [2.24, 2.45) is 0 Å². The smallest absolute Gasteiger partial charge is 0.128 e. The minimum Gasteiger partial charge on any atom is -0.392 e. The standard InChI is InChI=1S/C24H20ClFN2O/c1-15(19-4-2-3-5-22(19)26)28-24-20-12-18(10-11-23(20)27-13-21(24)25)17-8-6-16(14-29)7-9-17/h2-13,15,29H,14H2,1H3,(H,27,28). The summed E-state index contributed by atoms with van der Waals surface area (Å²) in [5.41, 5.74) is 4.99. The maximum atomic E-state index is 14.2. The van der Waals surface area contributed by atoms with Crippen molar-refractivity contribution in [3.8, 4) is 11.1 Å². The van der Waals surface area contributed by atoms with Crippen LogP contribution in [0.5, 0.6) is 0 Å². The van der Waals surface area contributed by atoms with Crippen molar-refractivity contribution in [1.29, 1.82) is 0 Å². The van der Waals surface area contributed by atoms with Crippen molar-refractivity contribution >= 4 is 28.2 Å². The number of hydrogen-bond acceptors (Lipinski definition) is 3. The third-order valence-corrected chi connectivity index (χ3v) is 5.31. The van der Waals surface area contributed by atoms with Crippen molar-refractivity contribution in [1.82, 2.24) is 4.98 Å². The molecule has 0 aliphatic rings. The number of fused-ring (bicyclic) bond motifs is 1. The van der Waals surface area contributed by atoms with Crippen LogP contribution in [0.25, 0.3) is 22.0 Å². The number of benzene rings is 3. The molecule has 29 heavy (non-hydrogen) atoms. The second kappa shape index (κ2) is 8.19. The van der Waals surface area contributed by atoms with Crippen LogP contribution in [-0.4, -0.2) is 10.1 Å². The molecular weight excluding hydrogens is 387 g/mol. The van der Waals surface area contributed by atoms with E-state index in [0.717, 1.165) is 33.3 Å². The van der Waals surface area contributed by atoms with E-state index < -0.39 is 0 Å². The highest BCUT2D eigenvalue weighted by Gasteiger charge is 2.15. The Hall–Kier alpha value is -2.95. The zero-order chi connectivity index (χ0) is 20.4. The highest BCUT2D eigenvalue weighted by Crippen LogP contribution is 2.35. The largest absolute Gasteiger partial charge is 0.392 e. The molecule has 0 fully saturated rings. The van der Waals surface area contributed by atoms with E-state index in [-0.39, 0.29) is 18.5 Å². The number of aliphatic hydroxyl groups is 1. The van der Waals surface area contributed by atoms with Crippen LogP contribution >= 0.6 is 11.6 Å². The fourth-order valence-corrected chi connectivity index (χ4v) is 3.62. The zero-order valence-corrected chi connectivity index (χ0v) is 16.6. The number of nitrogens with zero attached hydrogens (tertiary/aromatic N) is 1. The number of halogens is 2. The first kappa shape index (κ1) is 19.4. The molecule has 1 unspecified atom stereocenters. The van der Waals surface area contributed by atoms with E-state index in [0.29, 0.717) is 10.6 Å². The fraction of sp³-hybridized carbons (Fsp3) is 0.125. The van der Waals surface area contributed by atoms with Crippen LogP contribution in [0.15, 0.2) is 72.9 Å². The highest BCUT2D eigenvalue weighted by atomic mass is 35.5. The maximum Gasteiger partial charge on any atom is 0.128 e. The van der Waals surface area contributed by atoms with Crippen molar-refractivity contribution in [2.75, 3.05) is 5.32 Å². The summed E-state index contributed by atoms with van der Waals surface area (Å²) in [4.78, 5) is 4.42. The van der Waals surface area contributed by atoms with Gasteiger partial charge < -0.3 is 10.4 Å². The van der Waals surface area contributed by atoms with Gasteiger partial charge in [0.25, 0.3) is 0 Å². The minimum atomic E-state index is -0.271. The molecule has 4 aromatic rings. The molecule has 4 rings (SSSR count). The minimum absolute atomic E-state index is 0.0134. The van der Waals surface area contributed by atoms with Gasteiger partial charge in [0.15, 0.2) is 0 Å². The maximum absolute atomic E-state index is 14.2. The van der Waals surface area contributed by atoms with Gasteiger partial charge in [-0.1, -0.05) is 60.1 Å². The first-order chi connectivity index (χ1) is 14.1. The van der Waals surface area contributed by atoms with Gasteiger partial charge in [0.2, 0.25) is 0 Å². The van der Waals surface area contributed by atoms with E-state index >= 15 is 0 Å².